The maximum atomic E-state index is 6.21. The first kappa shape index (κ1) is 13.9. The Bertz CT molecular complexity index is 482. The Hall–Kier alpha value is -1.01. The van der Waals surface area contributed by atoms with Gasteiger partial charge in [0.1, 0.15) is 0 Å². The molecule has 0 radical (unpaired) electrons. The number of hydrogen-bond donors (Lipinski definition) is 1. The fourth-order valence-corrected chi connectivity index (χ4v) is 2.93. The summed E-state index contributed by atoms with van der Waals surface area (Å²) >= 11 is 6.21. The normalized spacial score (nSPS) is 22.2. The molecule has 6 heteroatoms. The predicted octanol–water partition coefficient (Wildman–Crippen LogP) is 1.49. The van der Waals surface area contributed by atoms with Gasteiger partial charge in [-0.15, -0.1) is 0 Å². The summed E-state index contributed by atoms with van der Waals surface area (Å²) < 4.78 is 16.4. The lowest BCUT2D eigenvalue weighted by atomic mass is 10.1. The fourth-order valence-electron chi connectivity index (χ4n) is 2.65. The third-order valence-corrected chi connectivity index (χ3v) is 3.83. The molecule has 0 bridgehead atoms. The summed E-state index contributed by atoms with van der Waals surface area (Å²) in [6.45, 7) is 4.60. The minimum Gasteiger partial charge on any atom is -0.454 e. The molecule has 0 aromatic heterocycles. The van der Waals surface area contributed by atoms with Gasteiger partial charge in [-0.25, -0.2) is 0 Å². The fraction of sp³-hybridized carbons (Fsp3) is 0.571. The number of nitrogens with one attached hydrogen (secondary N) is 1. The highest BCUT2D eigenvalue weighted by molar-refractivity contribution is 6.32. The number of likely N-dealkylation sites (N-methyl/N-ethyl adjacent to an activating group) is 1. The third-order valence-electron chi connectivity index (χ3n) is 3.55. The SMILES string of the molecule is CNCC1CN(Cc2cc(Cl)c3c(c2)OCO3)CCO1. The van der Waals surface area contributed by atoms with Crippen LogP contribution in [0.25, 0.3) is 0 Å². The van der Waals surface area contributed by atoms with Crippen LogP contribution in [0.15, 0.2) is 12.1 Å². The Labute approximate surface area is 123 Å². The molecule has 1 fully saturated rings. The minimum atomic E-state index is 0.248. The Kier molecular flexibility index (Phi) is 4.31. The van der Waals surface area contributed by atoms with Crippen molar-refractivity contribution >= 4 is 11.6 Å². The lowest BCUT2D eigenvalue weighted by Crippen LogP contribution is -2.45. The van der Waals surface area contributed by atoms with Gasteiger partial charge in [0.25, 0.3) is 0 Å². The van der Waals surface area contributed by atoms with Crippen LogP contribution in [-0.2, 0) is 11.3 Å². The summed E-state index contributed by atoms with van der Waals surface area (Å²) in [4.78, 5) is 2.37. The van der Waals surface area contributed by atoms with Crippen molar-refractivity contribution in [3.05, 3.63) is 22.7 Å². The zero-order valence-electron chi connectivity index (χ0n) is 11.5. The largest absolute Gasteiger partial charge is 0.454 e. The molecule has 1 saturated heterocycles. The second-order valence-corrected chi connectivity index (χ2v) is 5.50. The number of nitrogens with zero attached hydrogens (tertiary/aromatic N) is 1. The van der Waals surface area contributed by atoms with Gasteiger partial charge in [-0.3, -0.25) is 4.90 Å². The smallest absolute Gasteiger partial charge is 0.231 e. The van der Waals surface area contributed by atoms with E-state index < -0.39 is 0 Å². The van der Waals surface area contributed by atoms with Gasteiger partial charge in [0.15, 0.2) is 11.5 Å². The number of benzene rings is 1. The predicted molar refractivity (Wildman–Crippen MR) is 76.5 cm³/mol. The van der Waals surface area contributed by atoms with Gasteiger partial charge in [-0.05, 0) is 24.7 Å². The van der Waals surface area contributed by atoms with E-state index in [1.54, 1.807) is 0 Å². The molecule has 110 valence electrons. The first-order valence-electron chi connectivity index (χ1n) is 6.83. The van der Waals surface area contributed by atoms with Crippen molar-refractivity contribution in [1.82, 2.24) is 10.2 Å². The van der Waals surface area contributed by atoms with Crippen molar-refractivity contribution in [2.45, 2.75) is 12.6 Å². The molecule has 1 unspecified atom stereocenters. The van der Waals surface area contributed by atoms with E-state index >= 15 is 0 Å². The van der Waals surface area contributed by atoms with Gasteiger partial charge >= 0.3 is 0 Å². The maximum Gasteiger partial charge on any atom is 0.231 e. The summed E-state index contributed by atoms with van der Waals surface area (Å²) in [5.41, 5.74) is 1.14. The van der Waals surface area contributed by atoms with Crippen LogP contribution in [0.4, 0.5) is 0 Å². The zero-order valence-corrected chi connectivity index (χ0v) is 12.3. The second-order valence-electron chi connectivity index (χ2n) is 5.10. The van der Waals surface area contributed by atoms with Crippen molar-refractivity contribution in [3.8, 4) is 11.5 Å². The molecule has 2 heterocycles. The molecule has 3 rings (SSSR count). The summed E-state index contributed by atoms with van der Waals surface area (Å²) in [5, 5.41) is 3.78. The summed E-state index contributed by atoms with van der Waals surface area (Å²) in [7, 11) is 1.94. The molecular weight excluding hydrogens is 280 g/mol. The van der Waals surface area contributed by atoms with Crippen LogP contribution in [0.3, 0.4) is 0 Å². The highest BCUT2D eigenvalue weighted by Crippen LogP contribution is 2.40. The Morgan fingerprint density at radius 2 is 2.30 bits per heavy atom. The van der Waals surface area contributed by atoms with Crippen LogP contribution in [0, 0.1) is 0 Å². The zero-order chi connectivity index (χ0) is 13.9. The van der Waals surface area contributed by atoms with Crippen LogP contribution in [0.5, 0.6) is 11.5 Å². The number of halogens is 1. The Morgan fingerprint density at radius 3 is 3.15 bits per heavy atom. The van der Waals surface area contributed by atoms with Gasteiger partial charge in [0.2, 0.25) is 6.79 Å². The highest BCUT2D eigenvalue weighted by Gasteiger charge is 2.22. The van der Waals surface area contributed by atoms with Gasteiger partial charge in [-0.1, -0.05) is 11.6 Å². The van der Waals surface area contributed by atoms with Crippen LogP contribution in [0.1, 0.15) is 5.56 Å². The molecule has 1 atom stereocenters. The van der Waals surface area contributed by atoms with Crippen molar-refractivity contribution < 1.29 is 14.2 Å². The molecule has 20 heavy (non-hydrogen) atoms. The number of morpholine rings is 1. The van der Waals surface area contributed by atoms with E-state index in [1.165, 1.54) is 0 Å². The van der Waals surface area contributed by atoms with E-state index in [2.05, 4.69) is 10.2 Å². The lowest BCUT2D eigenvalue weighted by molar-refractivity contribution is -0.0291. The minimum absolute atomic E-state index is 0.248. The van der Waals surface area contributed by atoms with Crippen molar-refractivity contribution in [2.75, 3.05) is 40.1 Å². The molecule has 1 aromatic rings. The van der Waals surface area contributed by atoms with Crippen LogP contribution < -0.4 is 14.8 Å². The number of ether oxygens (including phenoxy) is 3. The van der Waals surface area contributed by atoms with Gasteiger partial charge in [0.05, 0.1) is 17.7 Å². The van der Waals surface area contributed by atoms with E-state index in [0.717, 1.165) is 44.1 Å². The molecule has 1 N–H and O–H groups in total. The Morgan fingerprint density at radius 1 is 1.40 bits per heavy atom. The Balaban J connectivity index is 1.67. The average Bonchev–Trinajstić information content (AvgIpc) is 2.88. The third kappa shape index (κ3) is 3.01. The molecule has 1 aromatic carbocycles. The van der Waals surface area contributed by atoms with E-state index in [9.17, 15) is 0 Å². The number of rotatable bonds is 4. The van der Waals surface area contributed by atoms with Crippen LogP contribution >= 0.6 is 11.6 Å². The molecule has 0 spiro atoms. The van der Waals surface area contributed by atoms with Crippen molar-refractivity contribution in [1.29, 1.82) is 0 Å². The van der Waals surface area contributed by atoms with E-state index in [-0.39, 0.29) is 12.9 Å². The number of fused-ring (bicyclic) bond motifs is 1. The molecule has 0 amide bonds. The van der Waals surface area contributed by atoms with Gasteiger partial charge < -0.3 is 19.5 Å². The summed E-state index contributed by atoms with van der Waals surface area (Å²) in [6.07, 6.45) is 0.248. The van der Waals surface area contributed by atoms with E-state index in [0.29, 0.717) is 10.8 Å². The summed E-state index contributed by atoms with van der Waals surface area (Å²) in [5.74, 6) is 1.40. The van der Waals surface area contributed by atoms with Gasteiger partial charge in [0, 0.05) is 26.2 Å². The second kappa shape index (κ2) is 6.18. The highest BCUT2D eigenvalue weighted by atomic mass is 35.5. The lowest BCUT2D eigenvalue weighted by Gasteiger charge is -2.32. The molecule has 0 aliphatic carbocycles. The first-order valence-corrected chi connectivity index (χ1v) is 7.20. The topological polar surface area (TPSA) is 43.0 Å². The average molecular weight is 299 g/mol. The molecule has 5 nitrogen and oxygen atoms in total. The standard InChI is InChI=1S/C14H19ClN2O3/c1-16-6-11-8-17(2-3-18-11)7-10-4-12(15)14-13(5-10)19-9-20-14/h4-5,11,16H,2-3,6-9H2,1H3. The molecular formula is C14H19ClN2O3. The molecule has 0 saturated carbocycles. The van der Waals surface area contributed by atoms with Crippen LogP contribution in [-0.4, -0.2) is 51.1 Å². The molecule has 2 aliphatic heterocycles. The first-order chi connectivity index (χ1) is 9.76. The van der Waals surface area contributed by atoms with E-state index in [4.69, 9.17) is 25.8 Å². The van der Waals surface area contributed by atoms with Crippen LogP contribution in [0.2, 0.25) is 5.02 Å². The molecule has 2 aliphatic rings. The quantitative estimate of drug-likeness (QED) is 0.912. The van der Waals surface area contributed by atoms with Crippen molar-refractivity contribution in [3.63, 3.8) is 0 Å². The summed E-state index contributed by atoms with van der Waals surface area (Å²) in [6, 6.07) is 3.97. The maximum absolute atomic E-state index is 6.21. The monoisotopic (exact) mass is 298 g/mol. The van der Waals surface area contributed by atoms with E-state index in [1.807, 2.05) is 19.2 Å². The van der Waals surface area contributed by atoms with Gasteiger partial charge in [-0.2, -0.15) is 0 Å². The number of hydrogen-bond acceptors (Lipinski definition) is 5. The van der Waals surface area contributed by atoms with Crippen molar-refractivity contribution in [2.24, 2.45) is 0 Å².